The predicted octanol–water partition coefficient (Wildman–Crippen LogP) is 3.51. The molecule has 0 radical (unpaired) electrons. The fourth-order valence-electron chi connectivity index (χ4n) is 2.40. The number of carbonyl (C=O) groups is 1. The fraction of sp³-hybridized carbons (Fsp3) is 0.500. The van der Waals surface area contributed by atoms with Crippen LogP contribution in [0.1, 0.15) is 25.3 Å². The molecule has 0 N–H and O–H groups in total. The van der Waals surface area contributed by atoms with Gasteiger partial charge in [-0.15, -0.1) is 0 Å². The third-order valence-electron chi connectivity index (χ3n) is 3.41. The number of ketones is 1. The summed E-state index contributed by atoms with van der Waals surface area (Å²) in [6.07, 6.45) is 1.76. The van der Waals surface area contributed by atoms with Crippen molar-refractivity contribution < 1.29 is 13.9 Å². The third-order valence-corrected chi connectivity index (χ3v) is 3.90. The number of halogens is 2. The van der Waals surface area contributed by atoms with Crippen molar-refractivity contribution in [2.75, 3.05) is 6.61 Å². The van der Waals surface area contributed by atoms with Crippen molar-refractivity contribution in [1.29, 1.82) is 0 Å². The van der Waals surface area contributed by atoms with E-state index >= 15 is 0 Å². The van der Waals surface area contributed by atoms with E-state index in [-0.39, 0.29) is 30.0 Å². The summed E-state index contributed by atoms with van der Waals surface area (Å²) in [5.74, 6) is -0.316. The lowest BCUT2D eigenvalue weighted by Gasteiger charge is -2.15. The van der Waals surface area contributed by atoms with Gasteiger partial charge in [0, 0.05) is 23.4 Å². The highest BCUT2D eigenvalue weighted by Gasteiger charge is 2.32. The lowest BCUT2D eigenvalue weighted by Crippen LogP contribution is -2.25. The summed E-state index contributed by atoms with van der Waals surface area (Å²) >= 11 is 3.20. The number of hydrogen-bond donors (Lipinski definition) is 0. The van der Waals surface area contributed by atoms with Crippen LogP contribution in [0.25, 0.3) is 0 Å². The van der Waals surface area contributed by atoms with Crippen molar-refractivity contribution in [1.82, 2.24) is 0 Å². The second-order valence-electron chi connectivity index (χ2n) is 4.59. The second-order valence-corrected chi connectivity index (χ2v) is 5.51. The molecule has 18 heavy (non-hydrogen) atoms. The minimum absolute atomic E-state index is 0.0102. The molecule has 2 atom stereocenters. The van der Waals surface area contributed by atoms with Crippen molar-refractivity contribution in [3.05, 3.63) is 34.1 Å². The Kier molecular flexibility index (Phi) is 4.51. The summed E-state index contributed by atoms with van der Waals surface area (Å²) in [4.78, 5) is 12.2. The Balaban J connectivity index is 2.07. The molecule has 0 bridgehead atoms. The molecular weight excluding hydrogens is 299 g/mol. The zero-order valence-corrected chi connectivity index (χ0v) is 11.9. The summed E-state index contributed by atoms with van der Waals surface area (Å²) in [5.41, 5.74) is 0.463. The van der Waals surface area contributed by atoms with Crippen LogP contribution in [0.3, 0.4) is 0 Å². The Morgan fingerprint density at radius 2 is 2.33 bits per heavy atom. The maximum atomic E-state index is 13.7. The number of hydrogen-bond acceptors (Lipinski definition) is 2. The standard InChI is InChI=1S/C14H16BrFO2/c1-2-14-11(5-6-18-14)13(17)7-9-3-4-10(15)8-12(9)16/h3-4,8,11,14H,2,5-7H2,1H3. The van der Waals surface area contributed by atoms with Gasteiger partial charge < -0.3 is 4.74 Å². The van der Waals surface area contributed by atoms with Crippen LogP contribution in [0.5, 0.6) is 0 Å². The van der Waals surface area contributed by atoms with E-state index in [9.17, 15) is 9.18 Å². The van der Waals surface area contributed by atoms with E-state index in [4.69, 9.17) is 4.74 Å². The normalized spacial score (nSPS) is 23.3. The molecular formula is C14H16BrFO2. The van der Waals surface area contributed by atoms with Gasteiger partial charge in [-0.1, -0.05) is 28.9 Å². The SMILES string of the molecule is CCC1OCCC1C(=O)Cc1ccc(Br)cc1F. The summed E-state index contributed by atoms with van der Waals surface area (Å²) in [6.45, 7) is 2.65. The minimum atomic E-state index is -0.329. The van der Waals surface area contributed by atoms with E-state index in [0.29, 0.717) is 16.6 Å². The van der Waals surface area contributed by atoms with Gasteiger partial charge in [0.05, 0.1) is 6.10 Å². The van der Waals surface area contributed by atoms with Crippen LogP contribution in [0, 0.1) is 11.7 Å². The number of carbonyl (C=O) groups excluding carboxylic acids is 1. The van der Waals surface area contributed by atoms with E-state index < -0.39 is 0 Å². The van der Waals surface area contributed by atoms with Crippen LogP contribution in [-0.4, -0.2) is 18.5 Å². The van der Waals surface area contributed by atoms with E-state index in [1.807, 2.05) is 6.92 Å². The fourth-order valence-corrected chi connectivity index (χ4v) is 2.74. The molecule has 1 fully saturated rings. The maximum Gasteiger partial charge on any atom is 0.143 e. The van der Waals surface area contributed by atoms with Crippen LogP contribution in [0.2, 0.25) is 0 Å². The van der Waals surface area contributed by atoms with Crippen molar-refractivity contribution in [3.63, 3.8) is 0 Å². The van der Waals surface area contributed by atoms with Gasteiger partial charge in [-0.05, 0) is 30.5 Å². The van der Waals surface area contributed by atoms with Gasteiger partial charge in [0.15, 0.2) is 0 Å². The van der Waals surface area contributed by atoms with Crippen LogP contribution < -0.4 is 0 Å². The van der Waals surface area contributed by atoms with E-state index in [2.05, 4.69) is 15.9 Å². The van der Waals surface area contributed by atoms with Gasteiger partial charge in [-0.25, -0.2) is 4.39 Å². The van der Waals surface area contributed by atoms with Crippen molar-refractivity contribution in [3.8, 4) is 0 Å². The molecule has 1 aliphatic rings. The number of ether oxygens (including phenoxy) is 1. The molecule has 0 saturated carbocycles. The monoisotopic (exact) mass is 314 g/mol. The Hall–Kier alpha value is -0.740. The summed E-state index contributed by atoms with van der Waals surface area (Å²) in [7, 11) is 0. The first kappa shape index (κ1) is 13.7. The molecule has 1 heterocycles. The molecule has 1 aliphatic heterocycles. The zero-order valence-electron chi connectivity index (χ0n) is 10.3. The molecule has 0 aliphatic carbocycles. The zero-order chi connectivity index (χ0) is 13.1. The van der Waals surface area contributed by atoms with Gasteiger partial charge in [0.1, 0.15) is 11.6 Å². The lowest BCUT2D eigenvalue weighted by atomic mass is 9.91. The van der Waals surface area contributed by atoms with Crippen LogP contribution in [-0.2, 0) is 16.0 Å². The average molecular weight is 315 g/mol. The van der Waals surface area contributed by atoms with Gasteiger partial charge in [-0.3, -0.25) is 4.79 Å². The summed E-state index contributed by atoms with van der Waals surface area (Å²) < 4.78 is 19.9. The largest absolute Gasteiger partial charge is 0.377 e. The molecule has 0 spiro atoms. The molecule has 1 saturated heterocycles. The molecule has 4 heteroatoms. The third kappa shape index (κ3) is 2.98. The van der Waals surface area contributed by atoms with E-state index in [1.54, 1.807) is 12.1 Å². The van der Waals surface area contributed by atoms with Crippen molar-refractivity contribution in [2.24, 2.45) is 5.92 Å². The van der Waals surface area contributed by atoms with E-state index in [0.717, 1.165) is 12.8 Å². The molecule has 0 amide bonds. The van der Waals surface area contributed by atoms with Gasteiger partial charge >= 0.3 is 0 Å². The summed E-state index contributed by atoms with van der Waals surface area (Å²) in [6, 6.07) is 4.81. The molecule has 2 rings (SSSR count). The topological polar surface area (TPSA) is 26.3 Å². The molecule has 2 nitrogen and oxygen atoms in total. The highest BCUT2D eigenvalue weighted by atomic mass is 79.9. The van der Waals surface area contributed by atoms with Crippen molar-refractivity contribution in [2.45, 2.75) is 32.3 Å². The number of Topliss-reactive ketones (excluding diaryl/α,β-unsaturated/α-hetero) is 1. The van der Waals surface area contributed by atoms with Gasteiger partial charge in [0.2, 0.25) is 0 Å². The van der Waals surface area contributed by atoms with Crippen LogP contribution in [0.4, 0.5) is 4.39 Å². The Morgan fingerprint density at radius 1 is 1.56 bits per heavy atom. The molecule has 1 aromatic carbocycles. The lowest BCUT2D eigenvalue weighted by molar-refractivity contribution is -0.123. The first-order chi connectivity index (χ1) is 8.61. The smallest absolute Gasteiger partial charge is 0.143 e. The Morgan fingerprint density at radius 3 is 3.00 bits per heavy atom. The van der Waals surface area contributed by atoms with Crippen LogP contribution in [0.15, 0.2) is 22.7 Å². The highest BCUT2D eigenvalue weighted by Crippen LogP contribution is 2.26. The molecule has 98 valence electrons. The van der Waals surface area contributed by atoms with Gasteiger partial charge in [0.25, 0.3) is 0 Å². The predicted molar refractivity (Wildman–Crippen MR) is 70.9 cm³/mol. The first-order valence-corrected chi connectivity index (χ1v) is 6.99. The quantitative estimate of drug-likeness (QED) is 0.850. The highest BCUT2D eigenvalue weighted by molar-refractivity contribution is 9.10. The number of rotatable bonds is 4. The first-order valence-electron chi connectivity index (χ1n) is 6.20. The van der Waals surface area contributed by atoms with Crippen molar-refractivity contribution >= 4 is 21.7 Å². The maximum absolute atomic E-state index is 13.7. The summed E-state index contributed by atoms with van der Waals surface area (Å²) in [5, 5.41) is 0. The molecule has 0 aromatic heterocycles. The Bertz CT molecular complexity index is 447. The number of benzene rings is 1. The van der Waals surface area contributed by atoms with E-state index in [1.165, 1.54) is 6.07 Å². The molecule has 1 aromatic rings. The molecule has 2 unspecified atom stereocenters. The van der Waals surface area contributed by atoms with Gasteiger partial charge in [-0.2, -0.15) is 0 Å². The Labute approximate surface area is 115 Å². The minimum Gasteiger partial charge on any atom is -0.377 e. The second kappa shape index (κ2) is 5.93. The van der Waals surface area contributed by atoms with Crippen LogP contribution >= 0.6 is 15.9 Å². The average Bonchev–Trinajstić information content (AvgIpc) is 2.81.